The number of ether oxygens (including phenoxy) is 1. The van der Waals surface area contributed by atoms with E-state index in [1.54, 1.807) is 13.8 Å². The number of carbonyl (C=O) groups excluding carboxylic acids is 1. The molecular weight excluding hydrogens is 300 g/mol. The van der Waals surface area contributed by atoms with Crippen molar-refractivity contribution in [2.45, 2.75) is 30.0 Å². The first-order valence-electron chi connectivity index (χ1n) is 5.80. The first-order valence-corrected chi connectivity index (χ1v) is 7.00. The van der Waals surface area contributed by atoms with Crippen molar-refractivity contribution in [2.75, 3.05) is 5.73 Å². The maximum Gasteiger partial charge on any atom is 0.338 e. The van der Waals surface area contributed by atoms with Crippen LogP contribution in [0.3, 0.4) is 0 Å². The van der Waals surface area contributed by atoms with E-state index in [2.05, 4.69) is 15.2 Å². The highest BCUT2D eigenvalue weighted by Crippen LogP contribution is 2.36. The van der Waals surface area contributed by atoms with Crippen LogP contribution in [0, 0.1) is 0 Å². The molecule has 0 atom stereocenters. The summed E-state index contributed by atoms with van der Waals surface area (Å²) in [7, 11) is 0. The molecule has 0 amide bonds. The summed E-state index contributed by atoms with van der Waals surface area (Å²) in [6.45, 7) is 3.55. The number of carbonyl (C=O) groups is 1. The fraction of sp³-hybridized carbons (Fsp3) is 0.250. The Kier molecular flexibility index (Phi) is 4.51. The summed E-state index contributed by atoms with van der Waals surface area (Å²) < 4.78 is 5.10. The van der Waals surface area contributed by atoms with E-state index in [4.69, 9.17) is 22.1 Å². The molecule has 0 aliphatic carbocycles. The fourth-order valence-corrected chi connectivity index (χ4v) is 2.53. The number of nitrogens with one attached hydrogen (secondary N) is 1. The van der Waals surface area contributed by atoms with Gasteiger partial charge in [0, 0.05) is 5.69 Å². The van der Waals surface area contributed by atoms with Crippen LogP contribution in [-0.4, -0.2) is 27.3 Å². The lowest BCUT2D eigenvalue weighted by molar-refractivity contribution is 0.0378. The smallest absolute Gasteiger partial charge is 0.338 e. The van der Waals surface area contributed by atoms with E-state index in [9.17, 15) is 4.79 Å². The van der Waals surface area contributed by atoms with Crippen LogP contribution in [0.4, 0.5) is 5.69 Å². The van der Waals surface area contributed by atoms with Gasteiger partial charge < -0.3 is 10.5 Å². The average Bonchev–Trinajstić information content (AvgIpc) is 2.85. The van der Waals surface area contributed by atoms with Crippen LogP contribution in [0.15, 0.2) is 28.5 Å². The summed E-state index contributed by atoms with van der Waals surface area (Å²) in [5.41, 5.74) is 6.64. The molecule has 20 heavy (non-hydrogen) atoms. The number of H-pyrrole nitrogens is 1. The maximum absolute atomic E-state index is 11.8. The third kappa shape index (κ3) is 3.43. The van der Waals surface area contributed by atoms with E-state index < -0.39 is 5.97 Å². The molecule has 2 aromatic rings. The van der Waals surface area contributed by atoms with E-state index in [0.29, 0.717) is 26.3 Å². The topological polar surface area (TPSA) is 93.9 Å². The molecular formula is C12H13ClN4O2S. The quantitative estimate of drug-likeness (QED) is 0.666. The summed E-state index contributed by atoms with van der Waals surface area (Å²) >= 11 is 7.41. The van der Waals surface area contributed by atoms with E-state index in [1.807, 2.05) is 0 Å². The number of rotatable bonds is 4. The van der Waals surface area contributed by atoms with Gasteiger partial charge in [0.2, 0.25) is 0 Å². The standard InChI is InChI=1S/C12H13ClN4O2S/c1-6(2)19-11(18)7-3-8(13)10(9(14)4-7)20-12-15-5-16-17-12/h3-6H,14H2,1-2H3,(H,15,16,17). The first kappa shape index (κ1) is 14.7. The molecule has 0 radical (unpaired) electrons. The third-order valence-electron chi connectivity index (χ3n) is 2.24. The van der Waals surface area contributed by atoms with E-state index in [1.165, 1.54) is 30.2 Å². The number of aromatic nitrogens is 3. The number of hydrogen-bond acceptors (Lipinski definition) is 6. The Bertz CT molecular complexity index is 593. The number of anilines is 1. The van der Waals surface area contributed by atoms with Crippen molar-refractivity contribution in [2.24, 2.45) is 0 Å². The number of hydrogen-bond donors (Lipinski definition) is 2. The lowest BCUT2D eigenvalue weighted by atomic mass is 10.2. The second-order valence-corrected chi connectivity index (χ2v) is 5.63. The molecule has 0 bridgehead atoms. The van der Waals surface area contributed by atoms with Gasteiger partial charge >= 0.3 is 5.97 Å². The minimum atomic E-state index is -0.454. The van der Waals surface area contributed by atoms with Gasteiger partial charge in [-0.3, -0.25) is 5.10 Å². The van der Waals surface area contributed by atoms with E-state index in [0.717, 1.165) is 0 Å². The van der Waals surface area contributed by atoms with Gasteiger partial charge in [0.05, 0.1) is 21.6 Å². The number of aromatic amines is 1. The van der Waals surface area contributed by atoms with Crippen LogP contribution >= 0.6 is 23.4 Å². The van der Waals surface area contributed by atoms with Crippen LogP contribution in [0.2, 0.25) is 5.02 Å². The molecule has 1 aromatic heterocycles. The average molecular weight is 313 g/mol. The predicted molar refractivity (Wildman–Crippen MR) is 76.9 cm³/mol. The Hall–Kier alpha value is -1.73. The molecule has 1 aromatic carbocycles. The van der Waals surface area contributed by atoms with Crippen molar-refractivity contribution in [1.82, 2.24) is 15.2 Å². The fourth-order valence-electron chi connectivity index (χ4n) is 1.46. The predicted octanol–water partition coefficient (Wildman–Crippen LogP) is 2.76. The minimum Gasteiger partial charge on any atom is -0.459 e. The van der Waals surface area contributed by atoms with Gasteiger partial charge in [-0.25, -0.2) is 9.78 Å². The highest BCUT2D eigenvalue weighted by molar-refractivity contribution is 7.99. The normalized spacial score (nSPS) is 10.8. The van der Waals surface area contributed by atoms with Gasteiger partial charge in [-0.05, 0) is 37.7 Å². The van der Waals surface area contributed by atoms with Crippen molar-refractivity contribution in [3.8, 4) is 0 Å². The largest absolute Gasteiger partial charge is 0.459 e. The second-order valence-electron chi connectivity index (χ2n) is 4.22. The highest BCUT2D eigenvalue weighted by atomic mass is 35.5. The van der Waals surface area contributed by atoms with Crippen molar-refractivity contribution in [3.05, 3.63) is 29.0 Å². The van der Waals surface area contributed by atoms with E-state index >= 15 is 0 Å². The molecule has 8 heteroatoms. The number of esters is 1. The molecule has 2 rings (SSSR count). The number of halogens is 1. The number of nitrogen functional groups attached to an aromatic ring is 1. The lowest BCUT2D eigenvalue weighted by Crippen LogP contribution is -2.12. The van der Waals surface area contributed by atoms with E-state index in [-0.39, 0.29) is 6.10 Å². The number of benzene rings is 1. The third-order valence-corrected chi connectivity index (χ3v) is 3.70. The minimum absolute atomic E-state index is 0.203. The second kappa shape index (κ2) is 6.15. The highest BCUT2D eigenvalue weighted by Gasteiger charge is 2.16. The zero-order valence-electron chi connectivity index (χ0n) is 10.9. The van der Waals surface area contributed by atoms with Gasteiger partial charge in [-0.2, -0.15) is 5.10 Å². The molecule has 106 valence electrons. The molecule has 0 saturated heterocycles. The Balaban J connectivity index is 2.27. The van der Waals surface area contributed by atoms with Crippen molar-refractivity contribution >= 4 is 35.0 Å². The Labute approximate surface area is 125 Å². The number of nitrogens with zero attached hydrogens (tertiary/aromatic N) is 2. The zero-order valence-corrected chi connectivity index (χ0v) is 12.5. The van der Waals surface area contributed by atoms with Gasteiger partial charge in [-0.1, -0.05) is 11.6 Å². The van der Waals surface area contributed by atoms with Gasteiger partial charge in [-0.15, -0.1) is 0 Å². The summed E-state index contributed by atoms with van der Waals surface area (Å²) in [5.74, 6) is -0.454. The lowest BCUT2D eigenvalue weighted by Gasteiger charge is -2.11. The molecule has 0 aliphatic rings. The molecule has 6 nitrogen and oxygen atoms in total. The van der Waals surface area contributed by atoms with Gasteiger partial charge in [0.15, 0.2) is 5.16 Å². The van der Waals surface area contributed by atoms with Gasteiger partial charge in [0.1, 0.15) is 6.33 Å². The zero-order chi connectivity index (χ0) is 14.7. The van der Waals surface area contributed by atoms with Crippen molar-refractivity contribution in [1.29, 1.82) is 0 Å². The summed E-state index contributed by atoms with van der Waals surface area (Å²) in [4.78, 5) is 16.4. The summed E-state index contributed by atoms with van der Waals surface area (Å²) in [6.07, 6.45) is 1.19. The van der Waals surface area contributed by atoms with Crippen LogP contribution in [0.1, 0.15) is 24.2 Å². The monoisotopic (exact) mass is 312 g/mol. The Morgan fingerprint density at radius 2 is 2.25 bits per heavy atom. The first-order chi connectivity index (χ1) is 9.47. The van der Waals surface area contributed by atoms with Crippen LogP contribution < -0.4 is 5.73 Å². The molecule has 0 spiro atoms. The van der Waals surface area contributed by atoms with Crippen molar-refractivity contribution < 1.29 is 9.53 Å². The molecule has 0 aliphatic heterocycles. The molecule has 0 unspecified atom stereocenters. The van der Waals surface area contributed by atoms with Crippen LogP contribution in [0.5, 0.6) is 0 Å². The van der Waals surface area contributed by atoms with Crippen molar-refractivity contribution in [3.63, 3.8) is 0 Å². The molecule has 0 saturated carbocycles. The molecule has 3 N–H and O–H groups in total. The molecule has 0 fully saturated rings. The molecule has 1 heterocycles. The SMILES string of the molecule is CC(C)OC(=O)c1cc(N)c(Sc2ncn[nH]2)c(Cl)c1. The number of nitrogens with two attached hydrogens (primary N) is 1. The van der Waals surface area contributed by atoms with Crippen LogP contribution in [0.25, 0.3) is 0 Å². The summed E-state index contributed by atoms with van der Waals surface area (Å²) in [6, 6.07) is 3.07. The maximum atomic E-state index is 11.8. The van der Waals surface area contributed by atoms with Gasteiger partial charge in [0.25, 0.3) is 0 Å². The summed E-state index contributed by atoms with van der Waals surface area (Å²) in [5, 5.41) is 7.37. The Morgan fingerprint density at radius 3 is 2.80 bits per heavy atom. The van der Waals surface area contributed by atoms with Crippen LogP contribution in [-0.2, 0) is 4.74 Å². The Morgan fingerprint density at radius 1 is 1.50 bits per heavy atom.